The monoisotopic (exact) mass is 470 g/mol. The maximum atomic E-state index is 13.2. The Kier molecular flexibility index (Phi) is 8.57. The molecule has 0 fully saturated rings. The average Bonchev–Trinajstić information content (AvgIpc) is 2.83. The van der Waals surface area contributed by atoms with Crippen molar-refractivity contribution in [2.45, 2.75) is 17.9 Å². The third-order valence-corrected chi connectivity index (χ3v) is 7.34. The first-order valence-electron chi connectivity index (χ1n) is 10.7. The summed E-state index contributed by atoms with van der Waals surface area (Å²) in [4.78, 5) is 13.0. The lowest BCUT2D eigenvalue weighted by molar-refractivity contribution is 0.0939. The van der Waals surface area contributed by atoms with Gasteiger partial charge >= 0.3 is 0 Å². The predicted molar refractivity (Wildman–Crippen MR) is 129 cm³/mol. The molecule has 1 unspecified atom stereocenters. The van der Waals surface area contributed by atoms with Crippen LogP contribution >= 0.6 is 0 Å². The highest BCUT2D eigenvalue weighted by molar-refractivity contribution is 7.89. The molecule has 1 amide bonds. The Labute approximate surface area is 195 Å². The molecule has 7 nitrogen and oxygen atoms in total. The highest BCUT2D eigenvalue weighted by Crippen LogP contribution is 2.22. The van der Waals surface area contributed by atoms with Gasteiger partial charge in [0, 0.05) is 32.9 Å². The lowest BCUT2D eigenvalue weighted by Crippen LogP contribution is -2.36. The molecule has 0 aliphatic heterocycles. The van der Waals surface area contributed by atoms with Crippen molar-refractivity contribution in [1.29, 1.82) is 0 Å². The molecule has 0 aromatic heterocycles. The number of carbonyl (C=O) groups excluding carboxylic acids is 1. The van der Waals surface area contributed by atoms with E-state index < -0.39 is 10.0 Å². The molecule has 1 atom stereocenters. The molecule has 0 bridgehead atoms. The summed E-state index contributed by atoms with van der Waals surface area (Å²) >= 11 is 0. The maximum Gasteiger partial charge on any atom is 0.251 e. The predicted octanol–water partition coefficient (Wildman–Crippen LogP) is 3.61. The van der Waals surface area contributed by atoms with Gasteiger partial charge in [-0.1, -0.05) is 42.5 Å². The Hall–Kier alpha value is -2.78. The largest absolute Gasteiger partial charge is 0.383 e. The molecule has 3 aromatic rings. The number of methoxy groups -OCH3 is 2. The van der Waals surface area contributed by atoms with Gasteiger partial charge in [-0.15, -0.1) is 0 Å². The summed E-state index contributed by atoms with van der Waals surface area (Å²) in [6.07, 6.45) is 0. The number of amides is 1. The van der Waals surface area contributed by atoms with E-state index >= 15 is 0 Å². The average molecular weight is 471 g/mol. The molecule has 176 valence electrons. The van der Waals surface area contributed by atoms with Gasteiger partial charge in [-0.2, -0.15) is 4.31 Å². The quantitative estimate of drug-likeness (QED) is 0.463. The molecule has 0 spiro atoms. The van der Waals surface area contributed by atoms with Gasteiger partial charge in [-0.3, -0.25) is 4.79 Å². The third kappa shape index (κ3) is 6.17. The molecule has 3 rings (SSSR count). The van der Waals surface area contributed by atoms with Crippen LogP contribution in [0.25, 0.3) is 10.8 Å². The van der Waals surface area contributed by atoms with E-state index in [0.29, 0.717) is 0 Å². The number of benzene rings is 3. The lowest BCUT2D eigenvalue weighted by Gasteiger charge is -2.22. The van der Waals surface area contributed by atoms with Gasteiger partial charge in [0.1, 0.15) is 0 Å². The zero-order valence-corrected chi connectivity index (χ0v) is 20.0. The van der Waals surface area contributed by atoms with Crippen molar-refractivity contribution in [3.05, 3.63) is 77.9 Å². The normalized spacial score (nSPS) is 12.7. The maximum absolute atomic E-state index is 13.2. The third-order valence-electron chi connectivity index (χ3n) is 5.44. The Morgan fingerprint density at radius 3 is 2.24 bits per heavy atom. The van der Waals surface area contributed by atoms with Crippen molar-refractivity contribution in [2.24, 2.45) is 0 Å². The molecular weight excluding hydrogens is 440 g/mol. The van der Waals surface area contributed by atoms with E-state index in [-0.39, 0.29) is 48.7 Å². The van der Waals surface area contributed by atoms with E-state index in [9.17, 15) is 13.2 Å². The van der Waals surface area contributed by atoms with Crippen LogP contribution in [-0.4, -0.2) is 59.2 Å². The fraction of sp³-hybridized carbons (Fsp3) is 0.320. The second-order valence-electron chi connectivity index (χ2n) is 7.72. The molecule has 33 heavy (non-hydrogen) atoms. The van der Waals surface area contributed by atoms with E-state index in [0.717, 1.165) is 16.3 Å². The first kappa shape index (κ1) is 24.9. The van der Waals surface area contributed by atoms with Crippen molar-refractivity contribution < 1.29 is 22.7 Å². The molecule has 0 radical (unpaired) electrons. The number of carbonyl (C=O) groups is 1. The van der Waals surface area contributed by atoms with Gasteiger partial charge in [0.05, 0.1) is 24.2 Å². The summed E-state index contributed by atoms with van der Waals surface area (Å²) in [5.41, 5.74) is 1.25. The van der Waals surface area contributed by atoms with Crippen LogP contribution in [0.5, 0.6) is 0 Å². The summed E-state index contributed by atoms with van der Waals surface area (Å²) in [6, 6.07) is 19.9. The standard InChI is InChI=1S/C25H30N2O5S/c1-19(21-12-11-20-7-4-5-8-22(20)17-21)26-25(28)23-9-6-10-24(18-23)33(29,30)27(13-15-31-2)14-16-32-3/h4-12,17-19H,13-16H2,1-3H3,(H,26,28). The lowest BCUT2D eigenvalue weighted by atomic mass is 10.0. The van der Waals surface area contributed by atoms with Crippen molar-refractivity contribution >= 4 is 26.7 Å². The molecule has 0 heterocycles. The number of fused-ring (bicyclic) bond motifs is 1. The minimum atomic E-state index is -3.81. The minimum Gasteiger partial charge on any atom is -0.383 e. The van der Waals surface area contributed by atoms with Gasteiger partial charge in [0.25, 0.3) is 5.91 Å². The molecule has 1 N–H and O–H groups in total. The highest BCUT2D eigenvalue weighted by atomic mass is 32.2. The van der Waals surface area contributed by atoms with Crippen molar-refractivity contribution in [3.63, 3.8) is 0 Å². The number of sulfonamides is 1. The Morgan fingerprint density at radius 1 is 0.909 bits per heavy atom. The summed E-state index contributed by atoms with van der Waals surface area (Å²) in [5, 5.41) is 5.19. The van der Waals surface area contributed by atoms with Crippen molar-refractivity contribution in [3.8, 4) is 0 Å². The van der Waals surface area contributed by atoms with Gasteiger partial charge in [-0.05, 0) is 47.5 Å². The zero-order valence-electron chi connectivity index (χ0n) is 19.2. The fourth-order valence-electron chi connectivity index (χ4n) is 3.53. The highest BCUT2D eigenvalue weighted by Gasteiger charge is 2.25. The van der Waals surface area contributed by atoms with Crippen LogP contribution in [0, 0.1) is 0 Å². The molecule has 0 aliphatic rings. The van der Waals surface area contributed by atoms with Crippen LogP contribution in [0.1, 0.15) is 28.9 Å². The molecular formula is C25H30N2O5S. The topological polar surface area (TPSA) is 84.9 Å². The number of hydrogen-bond acceptors (Lipinski definition) is 5. The van der Waals surface area contributed by atoms with Crippen molar-refractivity contribution in [1.82, 2.24) is 9.62 Å². The summed E-state index contributed by atoms with van der Waals surface area (Å²) in [6.45, 7) is 2.80. The Bertz CT molecular complexity index is 1190. The number of nitrogens with one attached hydrogen (secondary N) is 1. The van der Waals surface area contributed by atoms with E-state index in [2.05, 4.69) is 5.32 Å². The van der Waals surface area contributed by atoms with Crippen LogP contribution in [0.3, 0.4) is 0 Å². The molecule has 0 saturated heterocycles. The SMILES string of the molecule is COCCN(CCOC)S(=O)(=O)c1cccc(C(=O)NC(C)c2ccc3ccccc3c2)c1. The molecule has 0 aliphatic carbocycles. The number of nitrogens with zero attached hydrogens (tertiary/aromatic N) is 1. The summed E-state index contributed by atoms with van der Waals surface area (Å²) in [7, 11) is -0.780. The first-order valence-corrected chi connectivity index (χ1v) is 12.2. The van der Waals surface area contributed by atoms with Gasteiger partial charge in [0.2, 0.25) is 10.0 Å². The second kappa shape index (κ2) is 11.4. The van der Waals surface area contributed by atoms with Gasteiger partial charge < -0.3 is 14.8 Å². The van der Waals surface area contributed by atoms with Crippen LogP contribution in [0.4, 0.5) is 0 Å². The number of ether oxygens (including phenoxy) is 2. The van der Waals surface area contributed by atoms with Crippen molar-refractivity contribution in [2.75, 3.05) is 40.5 Å². The van der Waals surface area contributed by atoms with E-state index in [1.54, 1.807) is 12.1 Å². The smallest absolute Gasteiger partial charge is 0.251 e. The van der Waals surface area contributed by atoms with E-state index in [4.69, 9.17) is 9.47 Å². The summed E-state index contributed by atoms with van der Waals surface area (Å²) in [5.74, 6) is -0.340. The number of rotatable bonds is 11. The zero-order chi connectivity index (χ0) is 23.8. The first-order chi connectivity index (χ1) is 15.9. The Balaban J connectivity index is 1.78. The van der Waals surface area contributed by atoms with Crippen LogP contribution in [-0.2, 0) is 19.5 Å². The van der Waals surface area contributed by atoms with Crippen LogP contribution in [0.15, 0.2) is 71.6 Å². The van der Waals surface area contributed by atoms with Crippen LogP contribution in [0.2, 0.25) is 0 Å². The molecule has 8 heteroatoms. The van der Waals surface area contributed by atoms with E-state index in [1.165, 1.54) is 30.7 Å². The van der Waals surface area contributed by atoms with E-state index in [1.807, 2.05) is 49.4 Å². The van der Waals surface area contributed by atoms with Gasteiger partial charge in [-0.25, -0.2) is 8.42 Å². The second-order valence-corrected chi connectivity index (χ2v) is 9.66. The van der Waals surface area contributed by atoms with Gasteiger partial charge in [0.15, 0.2) is 0 Å². The minimum absolute atomic E-state index is 0.0562. The molecule has 3 aromatic carbocycles. The Morgan fingerprint density at radius 2 is 1.58 bits per heavy atom. The number of hydrogen-bond donors (Lipinski definition) is 1. The molecule has 0 saturated carbocycles. The fourth-order valence-corrected chi connectivity index (χ4v) is 4.98. The van der Waals surface area contributed by atoms with Crippen LogP contribution < -0.4 is 5.32 Å². The summed E-state index contributed by atoms with van der Waals surface area (Å²) < 4.78 is 37.7.